The predicted molar refractivity (Wildman–Crippen MR) is 95.0 cm³/mol. The van der Waals surface area contributed by atoms with E-state index in [0.29, 0.717) is 28.3 Å². The first-order valence-corrected chi connectivity index (χ1v) is 8.72. The molecule has 0 N–H and O–H groups in total. The SMILES string of the molecule is COc1ccccc1C1=C(N2CCCC2)C(=O)N(Cc2ccco2)C1=O. The minimum Gasteiger partial charge on any atom is -0.496 e. The third-order valence-corrected chi connectivity index (χ3v) is 4.84. The molecule has 0 atom stereocenters. The van der Waals surface area contributed by atoms with Crippen LogP contribution in [0.1, 0.15) is 24.2 Å². The van der Waals surface area contributed by atoms with Gasteiger partial charge in [-0.1, -0.05) is 18.2 Å². The molecule has 6 nitrogen and oxygen atoms in total. The van der Waals surface area contributed by atoms with Crippen LogP contribution in [-0.4, -0.2) is 41.8 Å². The Morgan fingerprint density at radius 3 is 2.50 bits per heavy atom. The molecule has 2 amide bonds. The van der Waals surface area contributed by atoms with Gasteiger partial charge in [-0.2, -0.15) is 0 Å². The van der Waals surface area contributed by atoms with Crippen molar-refractivity contribution in [1.82, 2.24) is 9.80 Å². The smallest absolute Gasteiger partial charge is 0.278 e. The molecule has 0 bridgehead atoms. The summed E-state index contributed by atoms with van der Waals surface area (Å²) in [6.07, 6.45) is 3.57. The number of imide groups is 1. The quantitative estimate of drug-likeness (QED) is 0.774. The fraction of sp³-hybridized carbons (Fsp3) is 0.300. The number of carbonyl (C=O) groups excluding carboxylic acids is 2. The van der Waals surface area contributed by atoms with Crippen LogP contribution in [0.25, 0.3) is 5.57 Å². The minimum absolute atomic E-state index is 0.126. The van der Waals surface area contributed by atoms with Gasteiger partial charge in [0, 0.05) is 18.7 Å². The Hall–Kier alpha value is -3.02. The number of methoxy groups -OCH3 is 1. The summed E-state index contributed by atoms with van der Waals surface area (Å²) >= 11 is 0. The largest absolute Gasteiger partial charge is 0.496 e. The molecule has 1 aromatic carbocycles. The molecule has 6 heteroatoms. The van der Waals surface area contributed by atoms with E-state index in [1.165, 1.54) is 11.2 Å². The number of para-hydroxylation sites is 1. The highest BCUT2D eigenvalue weighted by Gasteiger charge is 2.43. The third-order valence-electron chi connectivity index (χ3n) is 4.84. The van der Waals surface area contributed by atoms with Crippen molar-refractivity contribution in [3.63, 3.8) is 0 Å². The maximum absolute atomic E-state index is 13.2. The van der Waals surface area contributed by atoms with Crippen molar-refractivity contribution in [2.75, 3.05) is 20.2 Å². The molecule has 1 saturated heterocycles. The minimum atomic E-state index is -0.308. The first-order valence-electron chi connectivity index (χ1n) is 8.72. The highest BCUT2D eigenvalue weighted by molar-refractivity contribution is 6.35. The predicted octanol–water partition coefficient (Wildman–Crippen LogP) is 2.66. The van der Waals surface area contributed by atoms with Gasteiger partial charge in [-0.3, -0.25) is 14.5 Å². The van der Waals surface area contributed by atoms with Crippen molar-refractivity contribution in [3.8, 4) is 5.75 Å². The fourth-order valence-corrected chi connectivity index (χ4v) is 3.59. The zero-order valence-corrected chi connectivity index (χ0v) is 14.6. The van der Waals surface area contributed by atoms with Crippen LogP contribution in [0.4, 0.5) is 0 Å². The number of hydrogen-bond acceptors (Lipinski definition) is 5. The van der Waals surface area contributed by atoms with E-state index in [9.17, 15) is 9.59 Å². The van der Waals surface area contributed by atoms with E-state index >= 15 is 0 Å². The molecular formula is C20H20N2O4. The molecule has 134 valence electrons. The van der Waals surface area contributed by atoms with Gasteiger partial charge in [0.15, 0.2) is 0 Å². The molecule has 0 saturated carbocycles. The van der Waals surface area contributed by atoms with Crippen LogP contribution < -0.4 is 4.74 Å². The molecule has 0 aliphatic carbocycles. The average Bonchev–Trinajstić information content (AvgIpc) is 3.40. The highest BCUT2D eigenvalue weighted by Crippen LogP contribution is 2.37. The molecule has 3 heterocycles. The molecule has 0 unspecified atom stereocenters. The van der Waals surface area contributed by atoms with E-state index in [2.05, 4.69) is 0 Å². The Morgan fingerprint density at radius 1 is 1.04 bits per heavy atom. The summed E-state index contributed by atoms with van der Waals surface area (Å²) in [5, 5.41) is 0. The van der Waals surface area contributed by atoms with Crippen molar-refractivity contribution in [1.29, 1.82) is 0 Å². The molecule has 2 aliphatic rings. The lowest BCUT2D eigenvalue weighted by atomic mass is 10.0. The summed E-state index contributed by atoms with van der Waals surface area (Å²) in [7, 11) is 1.57. The molecule has 2 aromatic rings. The van der Waals surface area contributed by atoms with E-state index < -0.39 is 0 Å². The second-order valence-electron chi connectivity index (χ2n) is 6.39. The number of hydrogen-bond donors (Lipinski definition) is 0. The van der Waals surface area contributed by atoms with Gasteiger partial charge in [0.2, 0.25) is 0 Å². The maximum atomic E-state index is 13.2. The third kappa shape index (κ3) is 2.67. The van der Waals surface area contributed by atoms with Gasteiger partial charge in [0.1, 0.15) is 17.2 Å². The van der Waals surface area contributed by atoms with E-state index in [-0.39, 0.29) is 18.4 Å². The van der Waals surface area contributed by atoms with Gasteiger partial charge in [-0.05, 0) is 31.0 Å². The normalized spacial score (nSPS) is 17.6. The van der Waals surface area contributed by atoms with Crippen molar-refractivity contribution in [2.24, 2.45) is 0 Å². The second-order valence-corrected chi connectivity index (χ2v) is 6.39. The Balaban J connectivity index is 1.80. The van der Waals surface area contributed by atoms with Crippen molar-refractivity contribution in [2.45, 2.75) is 19.4 Å². The standard InChI is InChI=1S/C20H20N2O4/c1-25-16-9-3-2-8-15(16)17-18(21-10-4-5-11-21)20(24)22(19(17)23)13-14-7-6-12-26-14/h2-3,6-9,12H,4-5,10-11,13H2,1H3. The number of ether oxygens (including phenoxy) is 1. The zero-order chi connectivity index (χ0) is 18.1. The second kappa shape index (κ2) is 6.71. The Morgan fingerprint density at radius 2 is 1.81 bits per heavy atom. The zero-order valence-electron chi connectivity index (χ0n) is 14.6. The van der Waals surface area contributed by atoms with Crippen molar-refractivity contribution >= 4 is 17.4 Å². The van der Waals surface area contributed by atoms with E-state index in [1.807, 2.05) is 23.1 Å². The van der Waals surface area contributed by atoms with Crippen LogP contribution >= 0.6 is 0 Å². The van der Waals surface area contributed by atoms with Gasteiger partial charge in [-0.25, -0.2) is 0 Å². The number of furan rings is 1. The molecule has 0 spiro atoms. The van der Waals surface area contributed by atoms with Gasteiger partial charge < -0.3 is 14.1 Å². The first-order chi connectivity index (χ1) is 12.7. The summed E-state index contributed by atoms with van der Waals surface area (Å²) in [5.74, 6) is 0.584. The van der Waals surface area contributed by atoms with Crippen LogP contribution in [0.2, 0.25) is 0 Å². The molecule has 0 radical (unpaired) electrons. The Bertz CT molecular complexity index is 864. The van der Waals surface area contributed by atoms with Crippen LogP contribution in [0, 0.1) is 0 Å². The van der Waals surface area contributed by atoms with Gasteiger partial charge >= 0.3 is 0 Å². The number of carbonyl (C=O) groups is 2. The Labute approximate surface area is 151 Å². The molecular weight excluding hydrogens is 332 g/mol. The lowest BCUT2D eigenvalue weighted by Crippen LogP contribution is -2.33. The van der Waals surface area contributed by atoms with Crippen LogP contribution in [-0.2, 0) is 16.1 Å². The molecule has 1 aromatic heterocycles. The van der Waals surface area contributed by atoms with Crippen LogP contribution in [0.5, 0.6) is 5.75 Å². The van der Waals surface area contributed by atoms with Gasteiger partial charge in [0.25, 0.3) is 11.8 Å². The van der Waals surface area contributed by atoms with Gasteiger partial charge in [0.05, 0.1) is 25.5 Å². The average molecular weight is 352 g/mol. The lowest BCUT2D eigenvalue weighted by Gasteiger charge is -2.20. The summed E-state index contributed by atoms with van der Waals surface area (Å²) in [5.41, 5.74) is 1.54. The van der Waals surface area contributed by atoms with Gasteiger partial charge in [-0.15, -0.1) is 0 Å². The van der Waals surface area contributed by atoms with E-state index in [4.69, 9.17) is 9.15 Å². The van der Waals surface area contributed by atoms with Crippen molar-refractivity contribution in [3.05, 3.63) is 59.7 Å². The number of benzene rings is 1. The lowest BCUT2D eigenvalue weighted by molar-refractivity contribution is -0.138. The molecule has 1 fully saturated rings. The fourth-order valence-electron chi connectivity index (χ4n) is 3.59. The summed E-state index contributed by atoms with van der Waals surface area (Å²) in [4.78, 5) is 29.6. The molecule has 2 aliphatic heterocycles. The number of amides is 2. The molecule has 26 heavy (non-hydrogen) atoms. The van der Waals surface area contributed by atoms with Crippen LogP contribution in [0.3, 0.4) is 0 Å². The Kier molecular flexibility index (Phi) is 4.24. The van der Waals surface area contributed by atoms with E-state index in [0.717, 1.165) is 25.9 Å². The monoisotopic (exact) mass is 352 g/mol. The summed E-state index contributed by atoms with van der Waals surface area (Å²) < 4.78 is 10.8. The topological polar surface area (TPSA) is 63.0 Å². The molecule has 4 rings (SSSR count). The first kappa shape index (κ1) is 16.4. The van der Waals surface area contributed by atoms with Crippen molar-refractivity contribution < 1.29 is 18.7 Å². The highest BCUT2D eigenvalue weighted by atomic mass is 16.5. The van der Waals surface area contributed by atoms with Crippen LogP contribution in [0.15, 0.2) is 52.8 Å². The number of rotatable bonds is 5. The van der Waals surface area contributed by atoms with E-state index in [1.54, 1.807) is 25.3 Å². The summed E-state index contributed by atoms with van der Waals surface area (Å²) in [6.45, 7) is 1.68. The number of nitrogens with zero attached hydrogens (tertiary/aromatic N) is 2. The maximum Gasteiger partial charge on any atom is 0.278 e. The number of likely N-dealkylation sites (tertiary alicyclic amines) is 1. The summed E-state index contributed by atoms with van der Waals surface area (Å²) in [6, 6.07) is 10.8.